The zero-order chi connectivity index (χ0) is 74.5. The Morgan fingerprint density at radius 1 is 0.510 bits per heavy atom. The molecule has 6 aromatic rings. The molecule has 4 heterocycles. The highest BCUT2D eigenvalue weighted by atomic mass is 35.5. The van der Waals surface area contributed by atoms with E-state index in [4.69, 9.17) is 34.1 Å². The van der Waals surface area contributed by atoms with Gasteiger partial charge in [0.05, 0.1) is 47.2 Å². The summed E-state index contributed by atoms with van der Waals surface area (Å²) in [4.78, 5) is 79.6. The molecule has 552 valence electrons. The molecule has 4 amide bonds. The fourth-order valence-corrected chi connectivity index (χ4v) is 17.1. The average Bonchev–Trinajstić information content (AvgIpc) is 1.57. The number of aryl methyl sites for hydroxylation is 6. The molecule has 4 aromatic heterocycles. The van der Waals surface area contributed by atoms with Gasteiger partial charge in [-0.15, -0.1) is 11.6 Å². The summed E-state index contributed by atoms with van der Waals surface area (Å²) in [5, 5.41) is 26.8. The minimum Gasteiger partial charge on any atom is -0.469 e. The Morgan fingerprint density at radius 3 is 1.44 bits per heavy atom. The summed E-state index contributed by atoms with van der Waals surface area (Å²) in [6, 6.07) is 9.18. The van der Waals surface area contributed by atoms with Crippen LogP contribution in [0.15, 0.2) is 76.8 Å². The van der Waals surface area contributed by atoms with Crippen LogP contribution < -0.4 is 20.1 Å². The number of Topliss-reactive ketones (excluding diaryl/α,β-unsaturated/α-hetero) is 4. The first-order chi connectivity index (χ1) is 47.6. The molecule has 9 aliphatic rings. The lowest BCUT2D eigenvalue weighted by Gasteiger charge is -2.43. The molecule has 6 N–H and O–H groups in total. The first kappa shape index (κ1) is 77.2. The third-order valence-electron chi connectivity index (χ3n) is 22.5. The van der Waals surface area contributed by atoms with Crippen LogP contribution >= 0.6 is 11.6 Å². The van der Waals surface area contributed by atoms with E-state index in [1.807, 2.05) is 55.4 Å². The highest BCUT2D eigenvalue weighted by Crippen LogP contribution is 2.51. The van der Waals surface area contributed by atoms with Crippen molar-refractivity contribution in [2.45, 2.75) is 263 Å². The molecule has 2 aromatic carbocycles. The summed E-state index contributed by atoms with van der Waals surface area (Å²) >= 11 is 4.82. The lowest BCUT2D eigenvalue weighted by atomic mass is 9.65. The maximum Gasteiger partial charge on any atom is 0.333 e. The van der Waals surface area contributed by atoms with Gasteiger partial charge >= 0.3 is 12.1 Å². The SMILES string of the molecule is CC1(C)CCC(=O)CC1=O.CC1(C)CCC(=O)c2ccoc21.CC1(C)CCC(C)(O)c2cc(S(=O)(=O)NC(=O)Nc3c4c(cc5c3CCC5)CCC4)oc21.CC1(C)CCc2oc(S(=O)(=O)NC(=O)Nc3c4c(cc5c3CCC5)CCC4)cc2C1(C)O.CC1(C)CCc2occc2C1=O.O=CCCl. The molecular formula is C78H99ClN4O17S2. The van der Waals surface area contributed by atoms with Gasteiger partial charge in [0.25, 0.3) is 20.0 Å². The van der Waals surface area contributed by atoms with Gasteiger partial charge in [0.2, 0.25) is 10.2 Å². The van der Waals surface area contributed by atoms with Crippen molar-refractivity contribution in [2.75, 3.05) is 16.5 Å². The number of hydrogen-bond acceptors (Lipinski definition) is 17. The molecule has 9 aliphatic carbocycles. The average molecular weight is 1460 g/mol. The monoisotopic (exact) mass is 1460 g/mol. The van der Waals surface area contributed by atoms with Gasteiger partial charge in [-0.1, -0.05) is 81.4 Å². The van der Waals surface area contributed by atoms with E-state index >= 15 is 0 Å². The minimum atomic E-state index is -4.24. The van der Waals surface area contributed by atoms with Crippen LogP contribution in [0.25, 0.3) is 0 Å². The molecule has 24 heteroatoms. The van der Waals surface area contributed by atoms with Crippen molar-refractivity contribution in [2.24, 2.45) is 16.2 Å². The highest BCUT2D eigenvalue weighted by molar-refractivity contribution is 7.90. The van der Waals surface area contributed by atoms with Crippen molar-refractivity contribution in [1.82, 2.24) is 9.44 Å². The van der Waals surface area contributed by atoms with Gasteiger partial charge in [-0.05, 0) is 191 Å². The van der Waals surface area contributed by atoms with Crippen molar-refractivity contribution in [1.29, 1.82) is 0 Å². The summed E-state index contributed by atoms with van der Waals surface area (Å²) in [7, 11) is -8.47. The second-order valence-corrected chi connectivity index (χ2v) is 35.7. The predicted octanol–water partition coefficient (Wildman–Crippen LogP) is 14.7. The van der Waals surface area contributed by atoms with Crippen LogP contribution in [0.3, 0.4) is 0 Å². The normalized spacial score (nSPS) is 22.2. The minimum absolute atomic E-state index is 0.0345. The van der Waals surface area contributed by atoms with Gasteiger partial charge in [0, 0.05) is 82.0 Å². The van der Waals surface area contributed by atoms with Crippen LogP contribution in [0.1, 0.15) is 266 Å². The molecule has 2 unspecified atom stereocenters. The molecule has 0 aliphatic heterocycles. The number of aldehydes is 1. The lowest BCUT2D eigenvalue weighted by molar-refractivity contribution is -0.136. The number of urea groups is 2. The van der Waals surface area contributed by atoms with E-state index in [2.05, 4.69) is 46.1 Å². The van der Waals surface area contributed by atoms with E-state index in [-0.39, 0.29) is 61.9 Å². The number of carbonyl (C=O) groups is 7. The number of carbonyl (C=O) groups excluding carboxylic acids is 7. The number of amides is 4. The van der Waals surface area contributed by atoms with Crippen molar-refractivity contribution >= 4 is 84.5 Å². The van der Waals surface area contributed by atoms with Gasteiger partial charge in [0.15, 0.2) is 11.6 Å². The predicted molar refractivity (Wildman–Crippen MR) is 385 cm³/mol. The van der Waals surface area contributed by atoms with Crippen LogP contribution in [0.5, 0.6) is 0 Å². The summed E-state index contributed by atoms with van der Waals surface area (Å²) in [6.45, 7) is 23.1. The zero-order valence-corrected chi connectivity index (χ0v) is 63.3. The molecule has 1 fully saturated rings. The Bertz CT molecular complexity index is 4410. The number of ketones is 4. The number of aliphatic hydroxyl groups is 2. The van der Waals surface area contributed by atoms with Crippen molar-refractivity contribution in [3.63, 3.8) is 0 Å². The highest BCUT2D eigenvalue weighted by Gasteiger charge is 2.49. The molecule has 15 rings (SSSR count). The Kier molecular flexibility index (Phi) is 22.1. The lowest BCUT2D eigenvalue weighted by Crippen LogP contribution is -2.42. The van der Waals surface area contributed by atoms with E-state index < -0.39 is 54.1 Å². The molecule has 0 bridgehead atoms. The number of halogens is 1. The Balaban J connectivity index is 0.000000147. The molecule has 1 saturated carbocycles. The number of sulfonamides is 2. The van der Waals surface area contributed by atoms with Crippen LogP contribution in [0, 0.1) is 16.2 Å². The van der Waals surface area contributed by atoms with E-state index in [9.17, 15) is 55.8 Å². The Hall–Kier alpha value is -7.44. The summed E-state index contributed by atoms with van der Waals surface area (Å²) < 4.78 is 78.0. The van der Waals surface area contributed by atoms with Crippen LogP contribution in [0.2, 0.25) is 0 Å². The van der Waals surface area contributed by atoms with Crippen molar-refractivity contribution < 1.29 is 78.3 Å². The van der Waals surface area contributed by atoms with E-state index in [0.717, 1.165) is 159 Å². The number of rotatable bonds is 7. The quantitative estimate of drug-likeness (QED) is 0.0491. The standard InChI is InChI=1S/2C24H30N2O5S.2C10H12O2.C8H12O2.C2H3ClO/c1-23(2)10-11-24(3,28)18-13-19(31-21(18)23)32(29,30)26-22(27)25-20-16-8-4-6-14(16)12-15-7-5-9-17(15)20;1-23(2)11-10-19-18(24(23,3)28)13-20(31-19)32(29,30)26-22(27)25-21-16-8-4-6-14(16)12-15-7-5-9-17(15)21;1-10(2)5-3-8-7(9(10)11)4-6-12-8;1-10(2)5-3-8(11)7-4-6-12-9(7)10;1-8(2)4-3-6(9)5-7(8)10;3-1-2-4/h2*12-13,28H,4-11H2,1-3H3,(H2,25,26,27);2*4,6H,3,5H2,1-2H3;3-5H2,1-2H3;2H,1H2. The van der Waals surface area contributed by atoms with Gasteiger partial charge in [-0.3, -0.25) is 19.2 Å². The fourth-order valence-electron chi connectivity index (χ4n) is 15.4. The Labute approximate surface area is 603 Å². The Morgan fingerprint density at radius 2 is 0.961 bits per heavy atom. The molecule has 0 radical (unpaired) electrons. The fraction of sp³-hybridized carbons (Fsp3) is 0.551. The number of benzene rings is 2. The smallest absolute Gasteiger partial charge is 0.333 e. The molecule has 0 saturated heterocycles. The molecule has 102 heavy (non-hydrogen) atoms. The maximum absolute atomic E-state index is 13.0. The molecule has 2 atom stereocenters. The topological polar surface area (TPSA) is 329 Å². The number of furan rings is 4. The number of hydrogen-bond donors (Lipinski definition) is 6. The van der Waals surface area contributed by atoms with E-state index in [1.54, 1.807) is 38.5 Å². The van der Waals surface area contributed by atoms with Crippen LogP contribution in [0.4, 0.5) is 21.0 Å². The second kappa shape index (κ2) is 29.2. The summed E-state index contributed by atoms with van der Waals surface area (Å²) in [5.41, 5.74) is 9.97. The summed E-state index contributed by atoms with van der Waals surface area (Å²) in [5.74, 6) is 3.38. The van der Waals surface area contributed by atoms with Gasteiger partial charge in [-0.2, -0.15) is 16.8 Å². The summed E-state index contributed by atoms with van der Waals surface area (Å²) in [6.07, 6.45) is 22.7. The molecule has 0 spiro atoms. The van der Waals surface area contributed by atoms with Crippen molar-refractivity contribution in [3.8, 4) is 0 Å². The maximum atomic E-state index is 13.0. The number of anilines is 2. The van der Waals surface area contributed by atoms with Gasteiger partial charge in [-0.25, -0.2) is 19.0 Å². The van der Waals surface area contributed by atoms with Gasteiger partial charge < -0.3 is 43.3 Å². The van der Waals surface area contributed by atoms with E-state index in [1.165, 1.54) is 34.4 Å². The van der Waals surface area contributed by atoms with Crippen LogP contribution in [-0.2, 0) is 121 Å². The van der Waals surface area contributed by atoms with Crippen molar-refractivity contribution in [3.05, 3.63) is 139 Å². The van der Waals surface area contributed by atoms with E-state index in [0.29, 0.717) is 67.5 Å². The molecular weight excluding hydrogens is 1360 g/mol. The largest absolute Gasteiger partial charge is 0.469 e. The number of nitrogens with one attached hydrogen (secondary N) is 4. The first-order valence-electron chi connectivity index (χ1n) is 35.6. The van der Waals surface area contributed by atoms with Gasteiger partial charge in [0.1, 0.15) is 40.9 Å². The number of fused-ring (bicyclic) bond motifs is 8. The zero-order valence-electron chi connectivity index (χ0n) is 60.9. The molecule has 21 nitrogen and oxygen atoms in total. The second-order valence-electron chi connectivity index (χ2n) is 32.2. The number of alkyl halides is 1. The third-order valence-corrected chi connectivity index (χ3v) is 25.0. The third kappa shape index (κ3) is 16.1. The van der Waals surface area contributed by atoms with Crippen LogP contribution in [-0.4, -0.2) is 74.4 Å². The first-order valence-corrected chi connectivity index (χ1v) is 39.1.